The van der Waals surface area contributed by atoms with Gasteiger partial charge in [0.25, 0.3) is 0 Å². The Balaban J connectivity index is 1.67. The smallest absolute Gasteiger partial charge is 0.172 e. The standard InChI is InChI=1S/C18H18Br2FN3S/c19-13-9-15(20)16(22-10-13)24-17(25)23-11-18(7-1-2-8-18)12-3-5-14(21)6-4-12/h3-6,9-10H,1-2,7-8,11H2,(H2,22,23,24,25). The third kappa shape index (κ3) is 4.57. The van der Waals surface area contributed by atoms with Gasteiger partial charge in [0.2, 0.25) is 0 Å². The van der Waals surface area contributed by atoms with Crippen molar-refractivity contribution in [2.24, 2.45) is 0 Å². The lowest BCUT2D eigenvalue weighted by Crippen LogP contribution is -2.40. The molecule has 7 heteroatoms. The topological polar surface area (TPSA) is 37.0 Å². The zero-order valence-electron chi connectivity index (χ0n) is 13.5. The lowest BCUT2D eigenvalue weighted by Gasteiger charge is -2.30. The Morgan fingerprint density at radius 3 is 2.52 bits per heavy atom. The molecule has 2 aromatic rings. The van der Waals surface area contributed by atoms with Gasteiger partial charge in [-0.15, -0.1) is 0 Å². The van der Waals surface area contributed by atoms with Crippen molar-refractivity contribution in [3.05, 3.63) is 56.9 Å². The molecule has 0 atom stereocenters. The van der Waals surface area contributed by atoms with Crippen LogP contribution in [0.5, 0.6) is 0 Å². The summed E-state index contributed by atoms with van der Waals surface area (Å²) in [6.07, 6.45) is 6.23. The fourth-order valence-corrected chi connectivity index (χ4v) is 4.59. The Bertz CT molecular complexity index is 761. The Hall–Kier alpha value is -1.05. The van der Waals surface area contributed by atoms with Gasteiger partial charge in [-0.2, -0.15) is 0 Å². The summed E-state index contributed by atoms with van der Waals surface area (Å²) < 4.78 is 15.0. The molecule has 0 saturated heterocycles. The van der Waals surface area contributed by atoms with Crippen molar-refractivity contribution in [1.29, 1.82) is 0 Å². The average Bonchev–Trinajstić information content (AvgIpc) is 3.06. The summed E-state index contributed by atoms with van der Waals surface area (Å²) in [4.78, 5) is 4.31. The van der Waals surface area contributed by atoms with Gasteiger partial charge < -0.3 is 10.6 Å². The molecule has 1 aliphatic rings. The number of nitrogens with zero attached hydrogens (tertiary/aromatic N) is 1. The molecule has 3 nitrogen and oxygen atoms in total. The third-order valence-corrected chi connectivity index (χ3v) is 5.93. The SMILES string of the molecule is Fc1ccc(C2(CNC(=S)Nc3ncc(Br)cc3Br)CCCC2)cc1. The van der Waals surface area contributed by atoms with Crippen LogP contribution in [-0.4, -0.2) is 16.6 Å². The van der Waals surface area contributed by atoms with Gasteiger partial charge in [0.1, 0.15) is 11.6 Å². The maximum Gasteiger partial charge on any atom is 0.172 e. The quantitative estimate of drug-likeness (QED) is 0.556. The van der Waals surface area contributed by atoms with E-state index in [0.29, 0.717) is 10.9 Å². The molecule has 1 aromatic heterocycles. The van der Waals surface area contributed by atoms with E-state index >= 15 is 0 Å². The Morgan fingerprint density at radius 2 is 1.88 bits per heavy atom. The van der Waals surface area contributed by atoms with Crippen LogP contribution in [0.4, 0.5) is 10.2 Å². The first-order valence-corrected chi connectivity index (χ1v) is 10.1. The van der Waals surface area contributed by atoms with E-state index in [1.807, 2.05) is 18.2 Å². The molecule has 0 aliphatic heterocycles. The Morgan fingerprint density at radius 1 is 1.20 bits per heavy atom. The first-order chi connectivity index (χ1) is 12.0. The normalized spacial score (nSPS) is 15.8. The van der Waals surface area contributed by atoms with Crippen LogP contribution < -0.4 is 10.6 Å². The summed E-state index contributed by atoms with van der Waals surface area (Å²) in [5.74, 6) is 0.469. The first-order valence-electron chi connectivity index (χ1n) is 8.10. The van der Waals surface area contributed by atoms with Crippen LogP contribution >= 0.6 is 44.1 Å². The highest BCUT2D eigenvalue weighted by molar-refractivity contribution is 9.11. The summed E-state index contributed by atoms with van der Waals surface area (Å²) in [5.41, 5.74) is 1.17. The van der Waals surface area contributed by atoms with Crippen molar-refractivity contribution in [2.75, 3.05) is 11.9 Å². The van der Waals surface area contributed by atoms with E-state index < -0.39 is 0 Å². The fourth-order valence-electron chi connectivity index (χ4n) is 3.33. The van der Waals surface area contributed by atoms with Gasteiger partial charge in [-0.25, -0.2) is 9.37 Å². The second-order valence-corrected chi connectivity index (χ2v) is 8.46. The van der Waals surface area contributed by atoms with Gasteiger partial charge in [0, 0.05) is 22.6 Å². The number of hydrogen-bond acceptors (Lipinski definition) is 2. The van der Waals surface area contributed by atoms with Gasteiger partial charge in [-0.05, 0) is 80.7 Å². The molecule has 0 radical (unpaired) electrons. The van der Waals surface area contributed by atoms with Gasteiger partial charge in [-0.3, -0.25) is 0 Å². The highest BCUT2D eigenvalue weighted by Crippen LogP contribution is 2.40. The van der Waals surface area contributed by atoms with Crippen LogP contribution in [0.2, 0.25) is 0 Å². The van der Waals surface area contributed by atoms with Crippen LogP contribution in [0.15, 0.2) is 45.5 Å². The van der Waals surface area contributed by atoms with E-state index in [2.05, 4.69) is 47.5 Å². The van der Waals surface area contributed by atoms with Crippen molar-refractivity contribution < 1.29 is 4.39 Å². The van der Waals surface area contributed by atoms with Crippen LogP contribution in [0.25, 0.3) is 0 Å². The second-order valence-electron chi connectivity index (χ2n) is 6.29. The van der Waals surface area contributed by atoms with Crippen molar-refractivity contribution >= 4 is 55.0 Å². The predicted molar refractivity (Wildman–Crippen MR) is 110 cm³/mol. The largest absolute Gasteiger partial charge is 0.362 e. The van der Waals surface area contributed by atoms with Gasteiger partial charge >= 0.3 is 0 Å². The highest BCUT2D eigenvalue weighted by Gasteiger charge is 2.35. The lowest BCUT2D eigenvalue weighted by molar-refractivity contribution is 0.434. The van der Waals surface area contributed by atoms with E-state index in [1.165, 1.54) is 30.5 Å². The van der Waals surface area contributed by atoms with E-state index in [0.717, 1.165) is 28.3 Å². The molecule has 0 unspecified atom stereocenters. The van der Waals surface area contributed by atoms with E-state index in [1.54, 1.807) is 6.20 Å². The number of nitrogens with one attached hydrogen (secondary N) is 2. The molecule has 0 amide bonds. The maximum atomic E-state index is 13.3. The molecule has 2 N–H and O–H groups in total. The molecule has 0 bridgehead atoms. The number of hydrogen-bond donors (Lipinski definition) is 2. The summed E-state index contributed by atoms with van der Waals surface area (Å²) in [6.45, 7) is 0.721. The number of rotatable bonds is 4. The van der Waals surface area contributed by atoms with E-state index in [-0.39, 0.29) is 11.2 Å². The van der Waals surface area contributed by atoms with Crippen LogP contribution in [-0.2, 0) is 5.41 Å². The number of anilines is 1. The molecule has 1 fully saturated rings. The third-order valence-electron chi connectivity index (χ3n) is 4.64. The van der Waals surface area contributed by atoms with Crippen molar-refractivity contribution in [3.8, 4) is 0 Å². The number of benzene rings is 1. The summed E-state index contributed by atoms with van der Waals surface area (Å²) >= 11 is 12.3. The monoisotopic (exact) mass is 485 g/mol. The van der Waals surface area contributed by atoms with E-state index in [9.17, 15) is 4.39 Å². The maximum absolute atomic E-state index is 13.3. The van der Waals surface area contributed by atoms with Crippen molar-refractivity contribution in [2.45, 2.75) is 31.1 Å². The molecular weight excluding hydrogens is 469 g/mol. The molecular formula is C18H18Br2FN3S. The Kier molecular flexibility index (Phi) is 6.07. The molecule has 1 saturated carbocycles. The van der Waals surface area contributed by atoms with Crippen LogP contribution in [0, 0.1) is 5.82 Å². The molecule has 25 heavy (non-hydrogen) atoms. The number of pyridine rings is 1. The zero-order valence-corrected chi connectivity index (χ0v) is 17.5. The zero-order chi connectivity index (χ0) is 17.9. The highest BCUT2D eigenvalue weighted by atomic mass is 79.9. The minimum Gasteiger partial charge on any atom is -0.362 e. The molecule has 0 spiro atoms. The minimum absolute atomic E-state index is 0.00379. The summed E-state index contributed by atoms with van der Waals surface area (Å²) in [6, 6.07) is 8.77. The number of aromatic nitrogens is 1. The van der Waals surface area contributed by atoms with Crippen LogP contribution in [0.1, 0.15) is 31.2 Å². The second kappa shape index (κ2) is 8.10. The molecule has 1 aromatic carbocycles. The average molecular weight is 487 g/mol. The lowest BCUT2D eigenvalue weighted by atomic mass is 9.79. The fraction of sp³-hybridized carbons (Fsp3) is 0.333. The van der Waals surface area contributed by atoms with Gasteiger partial charge in [0.05, 0.1) is 4.47 Å². The molecule has 3 rings (SSSR count). The van der Waals surface area contributed by atoms with Crippen LogP contribution in [0.3, 0.4) is 0 Å². The predicted octanol–water partition coefficient (Wildman–Crippen LogP) is 5.54. The minimum atomic E-state index is -0.201. The first kappa shape index (κ1) is 18.7. The summed E-state index contributed by atoms with van der Waals surface area (Å²) in [7, 11) is 0. The van der Waals surface area contributed by atoms with E-state index in [4.69, 9.17) is 12.2 Å². The van der Waals surface area contributed by atoms with Gasteiger partial charge in [0.15, 0.2) is 5.11 Å². The molecule has 1 aliphatic carbocycles. The number of halogens is 3. The molecule has 1 heterocycles. The van der Waals surface area contributed by atoms with Crippen molar-refractivity contribution in [3.63, 3.8) is 0 Å². The molecule has 132 valence electrons. The Labute approximate surface area is 169 Å². The number of thiocarbonyl (C=S) groups is 1. The summed E-state index contributed by atoms with van der Waals surface area (Å²) in [5, 5.41) is 6.97. The van der Waals surface area contributed by atoms with Crippen molar-refractivity contribution in [1.82, 2.24) is 10.3 Å². The van der Waals surface area contributed by atoms with Gasteiger partial charge in [-0.1, -0.05) is 25.0 Å².